The first-order valence-corrected chi connectivity index (χ1v) is 4.66. The molecule has 0 unspecified atom stereocenters. The highest BCUT2D eigenvalue weighted by molar-refractivity contribution is 5.85. The van der Waals surface area contributed by atoms with Crippen LogP contribution in [0.25, 0.3) is 0 Å². The number of hydrogen-bond donors (Lipinski definition) is 2. The van der Waals surface area contributed by atoms with Gasteiger partial charge in [-0.15, -0.1) is 12.4 Å². The summed E-state index contributed by atoms with van der Waals surface area (Å²) >= 11 is 0. The summed E-state index contributed by atoms with van der Waals surface area (Å²) in [7, 11) is 0. The lowest BCUT2D eigenvalue weighted by Gasteiger charge is -2.31. The van der Waals surface area contributed by atoms with Crippen LogP contribution in [0, 0.1) is 0 Å². The molecule has 0 rings (SSSR count). The maximum Gasteiger partial charge on any atom is 0.0815 e. The van der Waals surface area contributed by atoms with E-state index in [2.05, 4.69) is 0 Å². The average molecular weight is 212 g/mol. The molecule has 1 atom stereocenters. The molecular formula is C9H22ClNO2. The van der Waals surface area contributed by atoms with Crippen LogP contribution in [-0.2, 0) is 4.74 Å². The number of aliphatic hydroxyl groups is 1. The second-order valence-corrected chi connectivity index (χ2v) is 3.08. The zero-order chi connectivity index (χ0) is 9.61. The Kier molecular flexibility index (Phi) is 9.09. The summed E-state index contributed by atoms with van der Waals surface area (Å²) < 4.78 is 5.16. The summed E-state index contributed by atoms with van der Waals surface area (Å²) in [5.41, 5.74) is 5.03. The molecule has 0 bridgehead atoms. The Bertz CT molecular complexity index is 118. The minimum Gasteiger partial charge on any atom is -0.388 e. The van der Waals surface area contributed by atoms with E-state index in [0.29, 0.717) is 26.1 Å². The average Bonchev–Trinajstić information content (AvgIpc) is 2.12. The molecule has 0 heterocycles. The van der Waals surface area contributed by atoms with Crippen molar-refractivity contribution in [1.82, 2.24) is 0 Å². The second-order valence-electron chi connectivity index (χ2n) is 3.08. The molecule has 0 fully saturated rings. The standard InChI is InChI=1S/C9H21NO2.ClH/c1-4-9(11,5-2)8(10)7-12-6-3;/h8,11H,4-7,10H2,1-3H3;1H/t8-;/m1./s1. The lowest BCUT2D eigenvalue weighted by molar-refractivity contribution is -0.0234. The Hall–Kier alpha value is 0.170. The number of rotatable bonds is 6. The third-order valence-corrected chi connectivity index (χ3v) is 2.42. The predicted molar refractivity (Wildman–Crippen MR) is 57.2 cm³/mol. The van der Waals surface area contributed by atoms with Crippen LogP contribution in [0.15, 0.2) is 0 Å². The highest BCUT2D eigenvalue weighted by Crippen LogP contribution is 2.18. The number of ether oxygens (including phenoxy) is 1. The fraction of sp³-hybridized carbons (Fsp3) is 1.00. The van der Waals surface area contributed by atoms with Gasteiger partial charge in [0.05, 0.1) is 18.2 Å². The van der Waals surface area contributed by atoms with E-state index in [1.165, 1.54) is 0 Å². The summed E-state index contributed by atoms with van der Waals surface area (Å²) in [5.74, 6) is 0. The zero-order valence-corrected chi connectivity index (χ0v) is 9.56. The Morgan fingerprint density at radius 2 is 1.77 bits per heavy atom. The molecule has 0 radical (unpaired) electrons. The Balaban J connectivity index is 0. The lowest BCUT2D eigenvalue weighted by atomic mass is 9.90. The quantitative estimate of drug-likeness (QED) is 0.697. The van der Waals surface area contributed by atoms with E-state index in [0.717, 1.165) is 0 Å². The van der Waals surface area contributed by atoms with Gasteiger partial charge in [-0.05, 0) is 19.8 Å². The molecule has 0 spiro atoms. The van der Waals surface area contributed by atoms with Crippen LogP contribution in [0.5, 0.6) is 0 Å². The number of hydrogen-bond acceptors (Lipinski definition) is 3. The van der Waals surface area contributed by atoms with Crippen molar-refractivity contribution in [2.75, 3.05) is 13.2 Å². The van der Waals surface area contributed by atoms with Gasteiger partial charge in [-0.3, -0.25) is 0 Å². The van der Waals surface area contributed by atoms with Crippen molar-refractivity contribution in [2.45, 2.75) is 45.3 Å². The van der Waals surface area contributed by atoms with Crippen molar-refractivity contribution in [3.63, 3.8) is 0 Å². The second kappa shape index (κ2) is 7.56. The highest BCUT2D eigenvalue weighted by Gasteiger charge is 2.30. The number of nitrogens with two attached hydrogens (primary N) is 1. The van der Waals surface area contributed by atoms with Crippen molar-refractivity contribution in [2.24, 2.45) is 5.73 Å². The summed E-state index contributed by atoms with van der Waals surface area (Å²) in [6.45, 7) is 6.89. The molecule has 0 saturated carbocycles. The molecule has 4 heteroatoms. The van der Waals surface area contributed by atoms with E-state index < -0.39 is 5.60 Å². The Labute approximate surface area is 87.1 Å². The molecule has 82 valence electrons. The van der Waals surface area contributed by atoms with Crippen molar-refractivity contribution >= 4 is 12.4 Å². The van der Waals surface area contributed by atoms with Gasteiger partial charge in [0.2, 0.25) is 0 Å². The van der Waals surface area contributed by atoms with Crippen LogP contribution < -0.4 is 5.73 Å². The van der Waals surface area contributed by atoms with Crippen molar-refractivity contribution < 1.29 is 9.84 Å². The van der Waals surface area contributed by atoms with Gasteiger partial charge in [0.25, 0.3) is 0 Å². The third kappa shape index (κ3) is 4.81. The van der Waals surface area contributed by atoms with E-state index in [1.807, 2.05) is 20.8 Å². The van der Waals surface area contributed by atoms with Crippen molar-refractivity contribution in [3.8, 4) is 0 Å². The minimum absolute atomic E-state index is 0. The van der Waals surface area contributed by atoms with Crippen LogP contribution in [0.1, 0.15) is 33.6 Å². The fourth-order valence-corrected chi connectivity index (χ4v) is 1.17. The van der Waals surface area contributed by atoms with Gasteiger partial charge in [0.1, 0.15) is 0 Å². The normalized spacial score (nSPS) is 13.6. The van der Waals surface area contributed by atoms with E-state index in [-0.39, 0.29) is 18.4 Å². The van der Waals surface area contributed by atoms with E-state index in [9.17, 15) is 5.11 Å². The van der Waals surface area contributed by atoms with Gasteiger partial charge in [-0.25, -0.2) is 0 Å². The topological polar surface area (TPSA) is 55.5 Å². The maximum atomic E-state index is 9.92. The summed E-state index contributed by atoms with van der Waals surface area (Å²) in [5, 5.41) is 9.92. The largest absolute Gasteiger partial charge is 0.388 e. The molecule has 0 aromatic rings. The summed E-state index contributed by atoms with van der Waals surface area (Å²) in [6, 6.07) is -0.271. The van der Waals surface area contributed by atoms with Crippen molar-refractivity contribution in [3.05, 3.63) is 0 Å². The van der Waals surface area contributed by atoms with Crippen LogP contribution in [0.2, 0.25) is 0 Å². The van der Waals surface area contributed by atoms with E-state index >= 15 is 0 Å². The SMILES string of the molecule is CCOC[C@@H](N)C(O)(CC)CC.Cl. The molecule has 0 aromatic carbocycles. The molecule has 0 aliphatic heterocycles. The third-order valence-electron chi connectivity index (χ3n) is 2.42. The van der Waals surface area contributed by atoms with Gasteiger partial charge in [-0.2, -0.15) is 0 Å². The predicted octanol–water partition coefficient (Wildman–Crippen LogP) is 1.32. The Morgan fingerprint density at radius 1 is 1.31 bits per heavy atom. The highest BCUT2D eigenvalue weighted by atomic mass is 35.5. The fourth-order valence-electron chi connectivity index (χ4n) is 1.17. The van der Waals surface area contributed by atoms with Crippen LogP contribution in [-0.4, -0.2) is 30.0 Å². The van der Waals surface area contributed by atoms with Crippen LogP contribution in [0.3, 0.4) is 0 Å². The monoisotopic (exact) mass is 211 g/mol. The van der Waals surface area contributed by atoms with Crippen LogP contribution >= 0.6 is 12.4 Å². The molecule has 0 aliphatic carbocycles. The van der Waals surface area contributed by atoms with E-state index in [4.69, 9.17) is 10.5 Å². The molecule has 13 heavy (non-hydrogen) atoms. The molecule has 0 amide bonds. The summed E-state index contributed by atoms with van der Waals surface area (Å²) in [4.78, 5) is 0. The first-order valence-electron chi connectivity index (χ1n) is 4.66. The van der Waals surface area contributed by atoms with Gasteiger partial charge < -0.3 is 15.6 Å². The smallest absolute Gasteiger partial charge is 0.0815 e. The molecule has 0 aliphatic rings. The van der Waals surface area contributed by atoms with Gasteiger partial charge in [0, 0.05) is 6.61 Å². The molecular weight excluding hydrogens is 190 g/mol. The molecule has 3 N–H and O–H groups in total. The lowest BCUT2D eigenvalue weighted by Crippen LogP contribution is -2.50. The molecule has 0 saturated heterocycles. The van der Waals surface area contributed by atoms with Gasteiger partial charge in [-0.1, -0.05) is 13.8 Å². The first kappa shape index (κ1) is 15.6. The number of halogens is 1. The Morgan fingerprint density at radius 3 is 2.08 bits per heavy atom. The van der Waals surface area contributed by atoms with E-state index in [1.54, 1.807) is 0 Å². The summed E-state index contributed by atoms with van der Waals surface area (Å²) in [6.07, 6.45) is 1.36. The van der Waals surface area contributed by atoms with Crippen LogP contribution in [0.4, 0.5) is 0 Å². The molecule has 3 nitrogen and oxygen atoms in total. The van der Waals surface area contributed by atoms with Crippen molar-refractivity contribution in [1.29, 1.82) is 0 Å². The maximum absolute atomic E-state index is 9.92. The molecule has 0 aromatic heterocycles. The zero-order valence-electron chi connectivity index (χ0n) is 8.75. The van der Waals surface area contributed by atoms with Gasteiger partial charge in [0.15, 0.2) is 0 Å². The van der Waals surface area contributed by atoms with Gasteiger partial charge >= 0.3 is 0 Å². The minimum atomic E-state index is -0.755. The first-order chi connectivity index (χ1) is 5.60.